The molecule has 1 aliphatic rings. The predicted molar refractivity (Wildman–Crippen MR) is 84.7 cm³/mol. The smallest absolute Gasteiger partial charge is 0.410 e. The minimum absolute atomic E-state index is 0.0923. The van der Waals surface area contributed by atoms with Gasteiger partial charge in [-0.3, -0.25) is 4.79 Å². The van der Waals surface area contributed by atoms with E-state index in [9.17, 15) is 9.59 Å². The van der Waals surface area contributed by atoms with Crippen LogP contribution in [-0.2, 0) is 9.53 Å². The van der Waals surface area contributed by atoms with Crippen LogP contribution in [0.1, 0.15) is 47.5 Å². The second-order valence-electron chi connectivity index (χ2n) is 7.12. The third-order valence-electron chi connectivity index (χ3n) is 3.19. The first-order valence-corrected chi connectivity index (χ1v) is 8.35. The predicted octanol–water partition coefficient (Wildman–Crippen LogP) is 3.23. The fourth-order valence-corrected chi connectivity index (χ4v) is 3.89. The quantitative estimate of drug-likeness (QED) is 0.814. The average molecular weight is 317 g/mol. The molecule has 6 heteroatoms. The van der Waals surface area contributed by atoms with E-state index in [-0.39, 0.29) is 17.3 Å². The van der Waals surface area contributed by atoms with Crippen molar-refractivity contribution in [1.82, 2.24) is 4.90 Å². The van der Waals surface area contributed by atoms with Gasteiger partial charge < -0.3 is 14.7 Å². The Bertz CT molecular complexity index is 384. The first-order chi connectivity index (χ1) is 9.53. The molecule has 0 bridgehead atoms. The number of hydrogen-bond acceptors (Lipinski definition) is 4. The molecule has 5 nitrogen and oxygen atoms in total. The minimum atomic E-state index is -0.809. The number of carbonyl (C=O) groups is 2. The minimum Gasteiger partial charge on any atom is -0.481 e. The van der Waals surface area contributed by atoms with E-state index in [1.165, 1.54) is 0 Å². The Morgan fingerprint density at radius 2 is 1.90 bits per heavy atom. The topological polar surface area (TPSA) is 66.8 Å². The van der Waals surface area contributed by atoms with Crippen molar-refractivity contribution in [3.05, 3.63) is 0 Å². The third-order valence-corrected chi connectivity index (χ3v) is 4.64. The Balaban J connectivity index is 2.53. The van der Waals surface area contributed by atoms with E-state index in [2.05, 4.69) is 13.8 Å². The van der Waals surface area contributed by atoms with Crippen LogP contribution in [0.2, 0.25) is 0 Å². The molecule has 122 valence electrons. The van der Waals surface area contributed by atoms with E-state index >= 15 is 0 Å². The summed E-state index contributed by atoms with van der Waals surface area (Å²) in [4.78, 5) is 24.6. The number of carbonyl (C=O) groups excluding carboxylic acids is 1. The van der Waals surface area contributed by atoms with E-state index < -0.39 is 11.6 Å². The maximum atomic E-state index is 11.9. The van der Waals surface area contributed by atoms with Gasteiger partial charge in [0, 0.05) is 13.1 Å². The SMILES string of the molecule is CC(C)CCSC1(CC(=O)O)CN(C(=O)OC(C)(C)C)C1. The Hall–Kier alpha value is -0.910. The molecular weight excluding hydrogens is 290 g/mol. The van der Waals surface area contributed by atoms with Gasteiger partial charge in [-0.2, -0.15) is 11.8 Å². The second-order valence-corrected chi connectivity index (χ2v) is 8.68. The van der Waals surface area contributed by atoms with Crippen molar-refractivity contribution < 1.29 is 19.4 Å². The van der Waals surface area contributed by atoms with Crippen LogP contribution in [0.15, 0.2) is 0 Å². The molecule has 1 rings (SSSR count). The number of thioether (sulfide) groups is 1. The monoisotopic (exact) mass is 317 g/mol. The molecule has 0 aromatic carbocycles. The Morgan fingerprint density at radius 3 is 2.33 bits per heavy atom. The van der Waals surface area contributed by atoms with Crippen LogP contribution in [0, 0.1) is 5.92 Å². The van der Waals surface area contributed by atoms with Crippen LogP contribution in [-0.4, -0.2) is 51.3 Å². The van der Waals surface area contributed by atoms with E-state index in [4.69, 9.17) is 9.84 Å². The Labute approximate surface area is 131 Å². The molecule has 0 atom stereocenters. The van der Waals surface area contributed by atoms with Gasteiger partial charge in [0.25, 0.3) is 0 Å². The lowest BCUT2D eigenvalue weighted by Gasteiger charge is -2.48. The van der Waals surface area contributed by atoms with Crippen LogP contribution in [0.4, 0.5) is 4.79 Å². The van der Waals surface area contributed by atoms with Crippen LogP contribution in [0.25, 0.3) is 0 Å². The molecule has 1 amide bonds. The number of likely N-dealkylation sites (tertiary alicyclic amines) is 1. The van der Waals surface area contributed by atoms with Crippen molar-refractivity contribution in [2.24, 2.45) is 5.92 Å². The zero-order valence-corrected chi connectivity index (χ0v) is 14.5. The van der Waals surface area contributed by atoms with Crippen LogP contribution < -0.4 is 0 Å². The second kappa shape index (κ2) is 6.90. The lowest BCUT2D eigenvalue weighted by atomic mass is 9.95. The van der Waals surface area contributed by atoms with Crippen LogP contribution in [0.5, 0.6) is 0 Å². The van der Waals surface area contributed by atoms with Crippen molar-refractivity contribution in [2.45, 2.75) is 57.8 Å². The molecule has 0 spiro atoms. The van der Waals surface area contributed by atoms with E-state index in [0.717, 1.165) is 12.2 Å². The highest BCUT2D eigenvalue weighted by Gasteiger charge is 2.48. The summed E-state index contributed by atoms with van der Waals surface area (Å²) >= 11 is 1.68. The Kier molecular flexibility index (Phi) is 5.96. The average Bonchev–Trinajstić information content (AvgIpc) is 2.20. The zero-order chi connectivity index (χ0) is 16.3. The molecule has 1 heterocycles. The van der Waals surface area contributed by atoms with Gasteiger partial charge in [-0.1, -0.05) is 13.8 Å². The molecule has 0 aliphatic carbocycles. The molecule has 1 saturated heterocycles. The molecule has 1 fully saturated rings. The molecule has 0 unspecified atom stereocenters. The number of amides is 1. The number of ether oxygens (including phenoxy) is 1. The van der Waals surface area contributed by atoms with Gasteiger partial charge in [-0.25, -0.2) is 4.79 Å². The maximum Gasteiger partial charge on any atom is 0.410 e. The van der Waals surface area contributed by atoms with E-state index in [1.807, 2.05) is 20.8 Å². The standard InChI is InChI=1S/C15H27NO4S/c1-11(2)6-7-21-15(8-12(17)18)9-16(10-15)13(19)20-14(3,4)5/h11H,6-10H2,1-5H3,(H,17,18). The van der Waals surface area contributed by atoms with Gasteiger partial charge in [0.05, 0.1) is 11.2 Å². The molecule has 1 N–H and O–H groups in total. The summed E-state index contributed by atoms with van der Waals surface area (Å²) in [7, 11) is 0. The van der Waals surface area contributed by atoms with E-state index in [1.54, 1.807) is 16.7 Å². The van der Waals surface area contributed by atoms with Gasteiger partial charge in [0.2, 0.25) is 0 Å². The van der Waals surface area contributed by atoms with Crippen molar-refractivity contribution in [2.75, 3.05) is 18.8 Å². The molecule has 0 radical (unpaired) electrons. The molecular formula is C15H27NO4S. The van der Waals surface area contributed by atoms with Crippen molar-refractivity contribution in [3.63, 3.8) is 0 Å². The highest BCUT2D eigenvalue weighted by atomic mass is 32.2. The van der Waals surface area contributed by atoms with Gasteiger partial charge in [0.15, 0.2) is 0 Å². The highest BCUT2D eigenvalue weighted by molar-refractivity contribution is 8.00. The normalized spacial score (nSPS) is 17.5. The van der Waals surface area contributed by atoms with Gasteiger partial charge in [-0.05, 0) is 38.9 Å². The number of aliphatic carboxylic acids is 1. The first-order valence-electron chi connectivity index (χ1n) is 7.37. The summed E-state index contributed by atoms with van der Waals surface area (Å²) in [5.74, 6) is 0.713. The Morgan fingerprint density at radius 1 is 1.33 bits per heavy atom. The largest absolute Gasteiger partial charge is 0.481 e. The fraction of sp³-hybridized carbons (Fsp3) is 0.867. The lowest BCUT2D eigenvalue weighted by Crippen LogP contribution is -2.63. The van der Waals surface area contributed by atoms with Gasteiger partial charge >= 0.3 is 12.1 Å². The fourth-order valence-electron chi connectivity index (χ4n) is 2.15. The molecule has 0 saturated carbocycles. The number of carboxylic acids is 1. The summed E-state index contributed by atoms with van der Waals surface area (Å²) < 4.78 is 4.96. The summed E-state index contributed by atoms with van der Waals surface area (Å²) in [6, 6.07) is 0. The number of rotatable bonds is 6. The van der Waals surface area contributed by atoms with Gasteiger partial charge in [0.1, 0.15) is 5.60 Å². The van der Waals surface area contributed by atoms with Crippen molar-refractivity contribution in [3.8, 4) is 0 Å². The summed E-state index contributed by atoms with van der Waals surface area (Å²) in [6.45, 7) is 10.7. The summed E-state index contributed by atoms with van der Waals surface area (Å²) in [5.41, 5.74) is -0.521. The van der Waals surface area contributed by atoms with Gasteiger partial charge in [-0.15, -0.1) is 0 Å². The third kappa shape index (κ3) is 6.16. The number of carboxylic acid groups (broad SMARTS) is 1. The van der Waals surface area contributed by atoms with Crippen LogP contribution in [0.3, 0.4) is 0 Å². The lowest BCUT2D eigenvalue weighted by molar-refractivity contribution is -0.138. The molecule has 21 heavy (non-hydrogen) atoms. The van der Waals surface area contributed by atoms with Crippen LogP contribution >= 0.6 is 11.8 Å². The van der Waals surface area contributed by atoms with Crippen molar-refractivity contribution in [1.29, 1.82) is 0 Å². The zero-order valence-electron chi connectivity index (χ0n) is 13.6. The van der Waals surface area contributed by atoms with Crippen molar-refractivity contribution >= 4 is 23.8 Å². The summed E-state index contributed by atoms with van der Waals surface area (Å²) in [5, 5.41) is 9.09. The van der Waals surface area contributed by atoms with E-state index in [0.29, 0.717) is 19.0 Å². The highest BCUT2D eigenvalue weighted by Crippen LogP contribution is 2.39. The molecule has 0 aromatic heterocycles. The first kappa shape index (κ1) is 18.1. The summed E-state index contributed by atoms with van der Waals surface area (Å²) in [6.07, 6.45) is 0.793. The molecule has 1 aliphatic heterocycles. The number of nitrogens with zero attached hydrogens (tertiary/aromatic N) is 1. The maximum absolute atomic E-state index is 11.9. The number of hydrogen-bond donors (Lipinski definition) is 1. The molecule has 0 aromatic rings.